The first-order valence-corrected chi connectivity index (χ1v) is 7.20. The number of carbonyl (C=O) groups is 1. The summed E-state index contributed by atoms with van der Waals surface area (Å²) in [6.45, 7) is -0.621. The number of anilines is 1. The zero-order chi connectivity index (χ0) is 17.5. The Morgan fingerprint density at radius 1 is 1.12 bits per heavy atom. The molecule has 0 heterocycles. The van der Waals surface area contributed by atoms with Crippen molar-refractivity contribution in [3.63, 3.8) is 0 Å². The van der Waals surface area contributed by atoms with Crippen molar-refractivity contribution in [3.05, 3.63) is 48.0 Å². The van der Waals surface area contributed by atoms with Crippen molar-refractivity contribution >= 4 is 11.6 Å². The van der Waals surface area contributed by atoms with Gasteiger partial charge in [-0.05, 0) is 49.4 Å². The fourth-order valence-corrected chi connectivity index (χ4v) is 2.01. The lowest BCUT2D eigenvalue weighted by atomic mass is 10.2. The van der Waals surface area contributed by atoms with Crippen LogP contribution in [-0.4, -0.2) is 26.2 Å². The number of nitrogens with one attached hydrogen (secondary N) is 1. The zero-order valence-corrected chi connectivity index (χ0v) is 13.2. The standard InChI is InChI=1S/C17H17F2NO4/c1-3-23-15-10-11(4-9-14(15)22-2)16(21)20-12-5-7-13(8-6-12)24-17(18)19/h4-10,17H,3H2,1-2H3,(H,20,21). The highest BCUT2D eigenvalue weighted by atomic mass is 19.3. The molecule has 5 nitrogen and oxygen atoms in total. The number of rotatable bonds is 7. The second kappa shape index (κ2) is 8.14. The molecule has 0 aliphatic carbocycles. The Kier molecular flexibility index (Phi) is 5.95. The maximum atomic E-state index is 12.3. The lowest BCUT2D eigenvalue weighted by Crippen LogP contribution is -2.12. The third kappa shape index (κ3) is 4.58. The number of ether oxygens (including phenoxy) is 3. The summed E-state index contributed by atoms with van der Waals surface area (Å²) < 4.78 is 39.0. The SMILES string of the molecule is CCOc1cc(C(=O)Nc2ccc(OC(F)F)cc2)ccc1OC. The van der Waals surface area contributed by atoms with Gasteiger partial charge in [0.2, 0.25) is 0 Å². The first-order chi connectivity index (χ1) is 11.5. The van der Waals surface area contributed by atoms with Gasteiger partial charge in [0.25, 0.3) is 5.91 Å². The molecule has 0 bridgehead atoms. The molecule has 24 heavy (non-hydrogen) atoms. The van der Waals surface area contributed by atoms with Gasteiger partial charge in [0.05, 0.1) is 13.7 Å². The van der Waals surface area contributed by atoms with Crippen LogP contribution in [0.5, 0.6) is 17.2 Å². The summed E-state index contributed by atoms with van der Waals surface area (Å²) in [6.07, 6.45) is 0. The fraction of sp³-hybridized carbons (Fsp3) is 0.235. The molecule has 2 aromatic carbocycles. The predicted molar refractivity (Wildman–Crippen MR) is 85.2 cm³/mol. The van der Waals surface area contributed by atoms with E-state index in [1.54, 1.807) is 18.2 Å². The smallest absolute Gasteiger partial charge is 0.387 e. The molecule has 0 spiro atoms. The first-order valence-electron chi connectivity index (χ1n) is 7.20. The van der Waals surface area contributed by atoms with Crippen molar-refractivity contribution in [2.75, 3.05) is 19.0 Å². The van der Waals surface area contributed by atoms with Gasteiger partial charge in [-0.25, -0.2) is 0 Å². The van der Waals surface area contributed by atoms with Crippen LogP contribution in [0.15, 0.2) is 42.5 Å². The van der Waals surface area contributed by atoms with Crippen LogP contribution >= 0.6 is 0 Å². The predicted octanol–water partition coefficient (Wildman–Crippen LogP) is 3.95. The normalized spacial score (nSPS) is 10.4. The van der Waals surface area contributed by atoms with Crippen LogP contribution in [0.2, 0.25) is 0 Å². The van der Waals surface area contributed by atoms with Gasteiger partial charge in [-0.15, -0.1) is 0 Å². The molecule has 0 radical (unpaired) electrons. The largest absolute Gasteiger partial charge is 0.493 e. The van der Waals surface area contributed by atoms with Crippen LogP contribution < -0.4 is 19.5 Å². The Morgan fingerprint density at radius 2 is 1.83 bits per heavy atom. The van der Waals surface area contributed by atoms with E-state index >= 15 is 0 Å². The molecule has 2 aromatic rings. The van der Waals surface area contributed by atoms with Crippen molar-refractivity contribution in [1.29, 1.82) is 0 Å². The molecule has 128 valence electrons. The van der Waals surface area contributed by atoms with E-state index in [0.29, 0.717) is 29.4 Å². The Bertz CT molecular complexity index is 689. The molecule has 0 atom stereocenters. The van der Waals surface area contributed by atoms with Gasteiger partial charge in [-0.1, -0.05) is 0 Å². The Balaban J connectivity index is 2.10. The van der Waals surface area contributed by atoms with Gasteiger partial charge in [-0.2, -0.15) is 8.78 Å². The number of alkyl halides is 2. The molecule has 0 fully saturated rings. The van der Waals surface area contributed by atoms with Crippen LogP contribution in [0.4, 0.5) is 14.5 Å². The lowest BCUT2D eigenvalue weighted by Gasteiger charge is -2.11. The average Bonchev–Trinajstić information content (AvgIpc) is 2.56. The molecule has 0 aliphatic rings. The summed E-state index contributed by atoms with van der Waals surface area (Å²) in [7, 11) is 1.51. The van der Waals surface area contributed by atoms with E-state index in [1.807, 2.05) is 6.92 Å². The molecule has 1 N–H and O–H groups in total. The van der Waals surface area contributed by atoms with Gasteiger partial charge in [-0.3, -0.25) is 4.79 Å². The number of hydrogen-bond acceptors (Lipinski definition) is 4. The molecule has 0 saturated carbocycles. The molecular weight excluding hydrogens is 320 g/mol. The van der Waals surface area contributed by atoms with Crippen LogP contribution in [0.25, 0.3) is 0 Å². The highest BCUT2D eigenvalue weighted by Crippen LogP contribution is 2.28. The zero-order valence-electron chi connectivity index (χ0n) is 13.2. The highest BCUT2D eigenvalue weighted by molar-refractivity contribution is 6.04. The van der Waals surface area contributed by atoms with Gasteiger partial charge in [0.1, 0.15) is 5.75 Å². The molecule has 0 aromatic heterocycles. The molecular formula is C17H17F2NO4. The summed E-state index contributed by atoms with van der Waals surface area (Å²) in [5.74, 6) is 0.655. The number of carbonyl (C=O) groups excluding carboxylic acids is 1. The van der Waals surface area contributed by atoms with E-state index < -0.39 is 6.61 Å². The van der Waals surface area contributed by atoms with Crippen LogP contribution in [0.3, 0.4) is 0 Å². The van der Waals surface area contributed by atoms with Crippen molar-refractivity contribution in [1.82, 2.24) is 0 Å². The molecule has 0 unspecified atom stereocenters. The minimum absolute atomic E-state index is 0.0195. The van der Waals surface area contributed by atoms with Crippen molar-refractivity contribution < 1.29 is 27.8 Å². The van der Waals surface area contributed by atoms with E-state index in [1.165, 1.54) is 31.4 Å². The van der Waals surface area contributed by atoms with Crippen molar-refractivity contribution in [2.45, 2.75) is 13.5 Å². The monoisotopic (exact) mass is 337 g/mol. The minimum atomic E-state index is -2.89. The number of halogens is 2. The number of hydrogen-bond donors (Lipinski definition) is 1. The summed E-state index contributed by atoms with van der Waals surface area (Å²) in [6, 6.07) is 10.5. The number of benzene rings is 2. The van der Waals surface area contributed by atoms with Gasteiger partial charge < -0.3 is 19.5 Å². The topological polar surface area (TPSA) is 56.8 Å². The second-order valence-corrected chi connectivity index (χ2v) is 4.66. The molecule has 2 rings (SSSR count). The van der Waals surface area contributed by atoms with Crippen LogP contribution in [0, 0.1) is 0 Å². The number of amides is 1. The highest BCUT2D eigenvalue weighted by Gasteiger charge is 2.12. The first kappa shape index (κ1) is 17.5. The average molecular weight is 337 g/mol. The number of methoxy groups -OCH3 is 1. The Hall–Kier alpha value is -2.83. The summed E-state index contributed by atoms with van der Waals surface area (Å²) >= 11 is 0. The molecule has 1 amide bonds. The Labute approximate surface area is 138 Å². The molecule has 7 heteroatoms. The maximum absolute atomic E-state index is 12.3. The van der Waals surface area contributed by atoms with E-state index in [9.17, 15) is 13.6 Å². The fourth-order valence-electron chi connectivity index (χ4n) is 2.01. The third-order valence-corrected chi connectivity index (χ3v) is 3.06. The summed E-state index contributed by atoms with van der Waals surface area (Å²) in [5.41, 5.74) is 0.836. The van der Waals surface area contributed by atoms with Crippen LogP contribution in [0.1, 0.15) is 17.3 Å². The second-order valence-electron chi connectivity index (χ2n) is 4.66. The van der Waals surface area contributed by atoms with Crippen molar-refractivity contribution in [2.24, 2.45) is 0 Å². The lowest BCUT2D eigenvalue weighted by molar-refractivity contribution is -0.0498. The van der Waals surface area contributed by atoms with Gasteiger partial charge in [0.15, 0.2) is 11.5 Å². The van der Waals surface area contributed by atoms with Gasteiger partial charge in [0, 0.05) is 11.3 Å². The summed E-state index contributed by atoms with van der Waals surface area (Å²) in [4.78, 5) is 12.3. The molecule has 0 aliphatic heterocycles. The van der Waals surface area contributed by atoms with E-state index in [4.69, 9.17) is 9.47 Å². The minimum Gasteiger partial charge on any atom is -0.493 e. The van der Waals surface area contributed by atoms with Crippen LogP contribution in [-0.2, 0) is 0 Å². The van der Waals surface area contributed by atoms with E-state index in [2.05, 4.69) is 10.1 Å². The summed E-state index contributed by atoms with van der Waals surface area (Å²) in [5, 5.41) is 2.67. The maximum Gasteiger partial charge on any atom is 0.387 e. The third-order valence-electron chi connectivity index (χ3n) is 3.06. The van der Waals surface area contributed by atoms with E-state index in [0.717, 1.165) is 0 Å². The molecule has 0 saturated heterocycles. The van der Waals surface area contributed by atoms with Gasteiger partial charge >= 0.3 is 6.61 Å². The Morgan fingerprint density at radius 3 is 2.42 bits per heavy atom. The quantitative estimate of drug-likeness (QED) is 0.831. The van der Waals surface area contributed by atoms with Crippen molar-refractivity contribution in [3.8, 4) is 17.2 Å². The van der Waals surface area contributed by atoms with E-state index in [-0.39, 0.29) is 11.7 Å².